The van der Waals surface area contributed by atoms with Gasteiger partial charge in [-0.15, -0.1) is 0 Å². The van der Waals surface area contributed by atoms with Crippen LogP contribution in [0.25, 0.3) is 0 Å². The number of rotatable bonds is 4. The van der Waals surface area contributed by atoms with Gasteiger partial charge >= 0.3 is 0 Å². The van der Waals surface area contributed by atoms with E-state index in [1.807, 2.05) is 0 Å². The van der Waals surface area contributed by atoms with E-state index in [9.17, 15) is 13.6 Å². The van der Waals surface area contributed by atoms with Crippen LogP contribution in [0.5, 0.6) is 5.75 Å². The predicted octanol–water partition coefficient (Wildman–Crippen LogP) is 4.16. The van der Waals surface area contributed by atoms with Gasteiger partial charge < -0.3 is 4.74 Å². The van der Waals surface area contributed by atoms with Crippen molar-refractivity contribution in [3.8, 4) is 5.75 Å². The van der Waals surface area contributed by atoms with E-state index in [-0.39, 0.29) is 22.2 Å². The molecule has 104 valence electrons. The van der Waals surface area contributed by atoms with Crippen LogP contribution in [0.2, 0.25) is 0 Å². The molecule has 0 radical (unpaired) electrons. The maximum atomic E-state index is 13.8. The van der Waals surface area contributed by atoms with E-state index in [4.69, 9.17) is 4.74 Å². The standard InChI is InChI=1S/C15H11BrF2O2/c1-20-10-4-2-3-9(7-10)14(19)8-11-13(17)6-5-12(16)15(11)18/h2-7H,8H2,1H3. The maximum absolute atomic E-state index is 13.8. The normalized spacial score (nSPS) is 10.4. The highest BCUT2D eigenvalue weighted by Gasteiger charge is 2.17. The van der Waals surface area contributed by atoms with Gasteiger partial charge in [0.15, 0.2) is 5.78 Å². The van der Waals surface area contributed by atoms with Gasteiger partial charge in [-0.3, -0.25) is 4.79 Å². The van der Waals surface area contributed by atoms with Crippen LogP contribution in [-0.4, -0.2) is 12.9 Å². The maximum Gasteiger partial charge on any atom is 0.167 e. The number of ether oxygens (including phenoxy) is 1. The molecule has 0 aliphatic carbocycles. The van der Waals surface area contributed by atoms with Crippen molar-refractivity contribution in [3.63, 3.8) is 0 Å². The van der Waals surface area contributed by atoms with Crippen molar-refractivity contribution < 1.29 is 18.3 Å². The van der Waals surface area contributed by atoms with Crippen molar-refractivity contribution in [3.05, 3.63) is 63.6 Å². The molecule has 0 unspecified atom stereocenters. The summed E-state index contributed by atoms with van der Waals surface area (Å²) in [6.45, 7) is 0. The Morgan fingerprint density at radius 2 is 2.00 bits per heavy atom. The monoisotopic (exact) mass is 340 g/mol. The first-order chi connectivity index (χ1) is 9.52. The summed E-state index contributed by atoms with van der Waals surface area (Å²) in [4.78, 5) is 12.1. The predicted molar refractivity (Wildman–Crippen MR) is 75.1 cm³/mol. The third kappa shape index (κ3) is 3.04. The van der Waals surface area contributed by atoms with Gasteiger partial charge in [-0.1, -0.05) is 12.1 Å². The summed E-state index contributed by atoms with van der Waals surface area (Å²) < 4.78 is 32.6. The van der Waals surface area contributed by atoms with Crippen LogP contribution < -0.4 is 4.74 Å². The van der Waals surface area contributed by atoms with Crippen LogP contribution in [0.3, 0.4) is 0 Å². The Morgan fingerprint density at radius 3 is 2.70 bits per heavy atom. The Kier molecular flexibility index (Phi) is 4.49. The number of ketones is 1. The second kappa shape index (κ2) is 6.13. The van der Waals surface area contributed by atoms with E-state index in [2.05, 4.69) is 15.9 Å². The fourth-order valence-electron chi connectivity index (χ4n) is 1.79. The third-order valence-electron chi connectivity index (χ3n) is 2.87. The average molecular weight is 341 g/mol. The number of methoxy groups -OCH3 is 1. The first-order valence-corrected chi connectivity index (χ1v) is 6.62. The van der Waals surface area contributed by atoms with Crippen LogP contribution in [0.4, 0.5) is 8.78 Å². The van der Waals surface area contributed by atoms with Crippen molar-refractivity contribution >= 4 is 21.7 Å². The highest BCUT2D eigenvalue weighted by Crippen LogP contribution is 2.23. The lowest BCUT2D eigenvalue weighted by Crippen LogP contribution is -2.08. The van der Waals surface area contributed by atoms with Gasteiger partial charge in [0.2, 0.25) is 0 Å². The lowest BCUT2D eigenvalue weighted by Gasteiger charge is -2.07. The Balaban J connectivity index is 2.30. The summed E-state index contributed by atoms with van der Waals surface area (Å²) in [5, 5.41) is 0. The lowest BCUT2D eigenvalue weighted by atomic mass is 10.0. The fraction of sp³-hybridized carbons (Fsp3) is 0.133. The Bertz CT molecular complexity index is 656. The lowest BCUT2D eigenvalue weighted by molar-refractivity contribution is 0.0990. The third-order valence-corrected chi connectivity index (χ3v) is 3.48. The van der Waals surface area contributed by atoms with E-state index in [0.29, 0.717) is 11.3 Å². The van der Waals surface area contributed by atoms with Crippen molar-refractivity contribution in [2.75, 3.05) is 7.11 Å². The topological polar surface area (TPSA) is 26.3 Å². The van der Waals surface area contributed by atoms with Crippen LogP contribution in [-0.2, 0) is 6.42 Å². The molecule has 0 aromatic heterocycles. The van der Waals surface area contributed by atoms with E-state index in [1.54, 1.807) is 18.2 Å². The van der Waals surface area contributed by atoms with E-state index in [0.717, 1.165) is 6.07 Å². The summed E-state index contributed by atoms with van der Waals surface area (Å²) >= 11 is 2.98. The molecule has 0 fully saturated rings. The summed E-state index contributed by atoms with van der Waals surface area (Å²) in [5.74, 6) is -1.34. The minimum Gasteiger partial charge on any atom is -0.497 e. The Morgan fingerprint density at radius 1 is 1.25 bits per heavy atom. The number of halogens is 3. The minimum absolute atomic E-state index is 0.132. The molecule has 0 aliphatic heterocycles. The summed E-state index contributed by atoms with van der Waals surface area (Å²) in [6.07, 6.45) is -0.343. The number of hydrogen-bond acceptors (Lipinski definition) is 2. The molecule has 2 rings (SSSR count). The van der Waals surface area contributed by atoms with Gasteiger partial charge in [-0.05, 0) is 40.2 Å². The zero-order valence-electron chi connectivity index (χ0n) is 10.6. The molecule has 5 heteroatoms. The first-order valence-electron chi connectivity index (χ1n) is 5.82. The van der Waals surface area contributed by atoms with Gasteiger partial charge in [0.1, 0.15) is 17.4 Å². The number of hydrogen-bond donors (Lipinski definition) is 0. The summed E-state index contributed by atoms with van der Waals surface area (Å²) in [7, 11) is 1.48. The summed E-state index contributed by atoms with van der Waals surface area (Å²) in [6, 6.07) is 8.86. The minimum atomic E-state index is -0.749. The summed E-state index contributed by atoms with van der Waals surface area (Å²) in [5.41, 5.74) is 0.107. The largest absolute Gasteiger partial charge is 0.497 e. The molecule has 2 aromatic carbocycles. The average Bonchev–Trinajstić information content (AvgIpc) is 2.47. The zero-order chi connectivity index (χ0) is 14.7. The van der Waals surface area contributed by atoms with Gasteiger partial charge in [0.05, 0.1) is 11.6 Å². The van der Waals surface area contributed by atoms with Gasteiger partial charge in [-0.25, -0.2) is 8.78 Å². The highest BCUT2D eigenvalue weighted by molar-refractivity contribution is 9.10. The van der Waals surface area contributed by atoms with Gasteiger partial charge in [0, 0.05) is 17.5 Å². The molecular weight excluding hydrogens is 330 g/mol. The number of carbonyl (C=O) groups excluding carboxylic acids is 1. The van der Waals surface area contributed by atoms with Gasteiger partial charge in [-0.2, -0.15) is 0 Å². The first kappa shape index (κ1) is 14.7. The van der Waals surface area contributed by atoms with E-state index >= 15 is 0 Å². The van der Waals surface area contributed by atoms with Crippen LogP contribution >= 0.6 is 15.9 Å². The van der Waals surface area contributed by atoms with E-state index in [1.165, 1.54) is 19.2 Å². The smallest absolute Gasteiger partial charge is 0.167 e. The SMILES string of the molecule is COc1cccc(C(=O)Cc2c(F)ccc(Br)c2F)c1. The molecule has 0 N–H and O–H groups in total. The Labute approximate surface area is 123 Å². The van der Waals surface area contributed by atoms with Crippen molar-refractivity contribution in [1.29, 1.82) is 0 Å². The Hall–Kier alpha value is -1.75. The molecule has 0 saturated heterocycles. The molecule has 0 amide bonds. The molecule has 2 aromatic rings. The highest BCUT2D eigenvalue weighted by atomic mass is 79.9. The van der Waals surface area contributed by atoms with Crippen molar-refractivity contribution in [2.45, 2.75) is 6.42 Å². The molecule has 0 aliphatic rings. The number of carbonyl (C=O) groups is 1. The molecule has 2 nitrogen and oxygen atoms in total. The fourth-order valence-corrected chi connectivity index (χ4v) is 2.16. The molecule has 0 atom stereocenters. The van der Waals surface area contributed by atoms with Gasteiger partial charge in [0.25, 0.3) is 0 Å². The van der Waals surface area contributed by atoms with Crippen LogP contribution in [0.1, 0.15) is 15.9 Å². The molecule has 20 heavy (non-hydrogen) atoms. The zero-order valence-corrected chi connectivity index (χ0v) is 12.2. The second-order valence-corrected chi connectivity index (χ2v) is 5.01. The second-order valence-electron chi connectivity index (χ2n) is 4.15. The molecule has 0 spiro atoms. The van der Waals surface area contributed by atoms with Crippen molar-refractivity contribution in [1.82, 2.24) is 0 Å². The molecule has 0 heterocycles. The molecular formula is C15H11BrF2O2. The quantitative estimate of drug-likeness (QED) is 0.617. The molecule has 0 saturated carbocycles. The van der Waals surface area contributed by atoms with Crippen molar-refractivity contribution in [2.24, 2.45) is 0 Å². The number of benzene rings is 2. The van der Waals surface area contributed by atoms with Crippen LogP contribution in [0.15, 0.2) is 40.9 Å². The molecule has 0 bridgehead atoms. The van der Waals surface area contributed by atoms with Crippen LogP contribution in [0, 0.1) is 11.6 Å². The number of Topliss-reactive ketones (excluding diaryl/α,β-unsaturated/α-hetero) is 1. The van der Waals surface area contributed by atoms with E-state index < -0.39 is 11.6 Å².